The molecule has 6 heteroatoms. The predicted molar refractivity (Wildman–Crippen MR) is 102 cm³/mol. The Morgan fingerprint density at radius 3 is 2.92 bits per heavy atom. The van der Waals surface area contributed by atoms with E-state index in [2.05, 4.69) is 57.6 Å². The van der Waals surface area contributed by atoms with Crippen LogP contribution in [-0.4, -0.2) is 32.3 Å². The maximum absolute atomic E-state index is 6.15. The van der Waals surface area contributed by atoms with Crippen LogP contribution in [0.15, 0.2) is 40.0 Å². The standard InChI is InChI=1S/C19H25N3O2S/c1-14-3-4-16(18(9-14)24-17-5-7-23-12-17)11-22-19(20-2)21-10-15-6-8-25-13-15/h3-4,6,8-9,13,17H,5,7,10-12H2,1-2H3,(H2,20,21,22). The normalized spacial score (nSPS) is 17.5. The second-order valence-corrected chi connectivity index (χ2v) is 6.91. The van der Waals surface area contributed by atoms with Crippen LogP contribution in [0, 0.1) is 6.92 Å². The van der Waals surface area contributed by atoms with Crippen LogP contribution in [0.25, 0.3) is 0 Å². The van der Waals surface area contributed by atoms with Gasteiger partial charge in [-0.05, 0) is 40.9 Å². The minimum absolute atomic E-state index is 0.150. The van der Waals surface area contributed by atoms with Gasteiger partial charge in [0, 0.05) is 32.1 Å². The van der Waals surface area contributed by atoms with E-state index in [1.54, 1.807) is 18.4 Å². The number of hydrogen-bond acceptors (Lipinski definition) is 4. The summed E-state index contributed by atoms with van der Waals surface area (Å²) in [5.41, 5.74) is 3.57. The Labute approximate surface area is 153 Å². The van der Waals surface area contributed by atoms with Crippen LogP contribution in [0.5, 0.6) is 5.75 Å². The average Bonchev–Trinajstić information content (AvgIpc) is 3.30. The van der Waals surface area contributed by atoms with Crippen LogP contribution in [0.1, 0.15) is 23.1 Å². The summed E-state index contributed by atoms with van der Waals surface area (Å²) in [5.74, 6) is 1.71. The molecule has 134 valence electrons. The molecule has 1 aromatic heterocycles. The third kappa shape index (κ3) is 5.21. The van der Waals surface area contributed by atoms with E-state index in [-0.39, 0.29) is 6.10 Å². The Morgan fingerprint density at radius 1 is 1.32 bits per heavy atom. The number of aryl methyl sites for hydroxylation is 1. The first-order chi connectivity index (χ1) is 12.2. The van der Waals surface area contributed by atoms with Gasteiger partial charge in [0.1, 0.15) is 11.9 Å². The van der Waals surface area contributed by atoms with E-state index >= 15 is 0 Å². The van der Waals surface area contributed by atoms with Gasteiger partial charge in [0.25, 0.3) is 0 Å². The molecule has 0 radical (unpaired) electrons. The number of ether oxygens (including phenoxy) is 2. The number of nitrogens with zero attached hydrogens (tertiary/aromatic N) is 1. The van der Waals surface area contributed by atoms with E-state index < -0.39 is 0 Å². The maximum atomic E-state index is 6.15. The van der Waals surface area contributed by atoms with E-state index in [0.29, 0.717) is 13.2 Å². The molecule has 5 nitrogen and oxygen atoms in total. The first-order valence-electron chi connectivity index (χ1n) is 8.54. The fourth-order valence-electron chi connectivity index (χ4n) is 2.68. The summed E-state index contributed by atoms with van der Waals surface area (Å²) in [5, 5.41) is 10.9. The van der Waals surface area contributed by atoms with E-state index in [4.69, 9.17) is 9.47 Å². The van der Waals surface area contributed by atoms with Gasteiger partial charge < -0.3 is 20.1 Å². The van der Waals surface area contributed by atoms with Crippen molar-refractivity contribution >= 4 is 17.3 Å². The molecule has 1 aliphatic rings. The number of aliphatic imine (C=N–C) groups is 1. The third-order valence-corrected chi connectivity index (χ3v) is 4.85. The van der Waals surface area contributed by atoms with Gasteiger partial charge in [-0.25, -0.2) is 0 Å². The molecule has 0 bridgehead atoms. The fourth-order valence-corrected chi connectivity index (χ4v) is 3.35. The van der Waals surface area contributed by atoms with Gasteiger partial charge in [-0.15, -0.1) is 0 Å². The number of benzene rings is 1. The zero-order valence-electron chi connectivity index (χ0n) is 14.7. The lowest BCUT2D eigenvalue weighted by Crippen LogP contribution is -2.36. The van der Waals surface area contributed by atoms with E-state index in [0.717, 1.165) is 36.8 Å². The fraction of sp³-hybridized carbons (Fsp3) is 0.421. The molecule has 25 heavy (non-hydrogen) atoms. The van der Waals surface area contributed by atoms with Gasteiger partial charge in [-0.2, -0.15) is 11.3 Å². The molecule has 3 rings (SSSR count). The van der Waals surface area contributed by atoms with Crippen LogP contribution < -0.4 is 15.4 Å². The predicted octanol–water partition coefficient (Wildman–Crippen LogP) is 3.09. The molecular weight excluding hydrogens is 334 g/mol. The van der Waals surface area contributed by atoms with E-state index in [9.17, 15) is 0 Å². The Bertz CT molecular complexity index is 695. The molecule has 1 unspecified atom stereocenters. The molecule has 0 amide bonds. The summed E-state index contributed by atoms with van der Waals surface area (Å²) < 4.78 is 11.6. The summed E-state index contributed by atoms with van der Waals surface area (Å²) in [6.45, 7) is 4.96. The molecule has 2 heterocycles. The number of hydrogen-bond donors (Lipinski definition) is 2. The van der Waals surface area contributed by atoms with Crippen molar-refractivity contribution in [1.29, 1.82) is 0 Å². The van der Waals surface area contributed by atoms with Gasteiger partial charge in [0.05, 0.1) is 13.2 Å². The van der Waals surface area contributed by atoms with Crippen LogP contribution in [0.3, 0.4) is 0 Å². The van der Waals surface area contributed by atoms with Crippen molar-refractivity contribution in [2.24, 2.45) is 4.99 Å². The summed E-state index contributed by atoms with van der Waals surface area (Å²) in [7, 11) is 1.78. The molecule has 1 aromatic carbocycles. The maximum Gasteiger partial charge on any atom is 0.191 e. The molecule has 1 saturated heterocycles. The highest BCUT2D eigenvalue weighted by Gasteiger charge is 2.18. The summed E-state index contributed by atoms with van der Waals surface area (Å²) >= 11 is 1.70. The quantitative estimate of drug-likeness (QED) is 0.615. The van der Waals surface area contributed by atoms with E-state index in [1.165, 1.54) is 11.1 Å². The highest BCUT2D eigenvalue weighted by molar-refractivity contribution is 7.07. The van der Waals surface area contributed by atoms with Gasteiger partial charge in [0.2, 0.25) is 0 Å². The smallest absolute Gasteiger partial charge is 0.191 e. The molecule has 2 N–H and O–H groups in total. The monoisotopic (exact) mass is 359 g/mol. The second kappa shape index (κ2) is 8.87. The first kappa shape index (κ1) is 17.8. The first-order valence-corrected chi connectivity index (χ1v) is 9.48. The van der Waals surface area contributed by atoms with Crippen LogP contribution in [0.2, 0.25) is 0 Å². The van der Waals surface area contributed by atoms with Gasteiger partial charge in [0.15, 0.2) is 5.96 Å². The Morgan fingerprint density at radius 2 is 2.20 bits per heavy atom. The zero-order chi connectivity index (χ0) is 17.5. The van der Waals surface area contributed by atoms with E-state index in [1.807, 2.05) is 0 Å². The summed E-state index contributed by atoms with van der Waals surface area (Å²) in [4.78, 5) is 4.29. The third-order valence-electron chi connectivity index (χ3n) is 4.11. The van der Waals surface area contributed by atoms with Crippen LogP contribution in [-0.2, 0) is 17.8 Å². The van der Waals surface area contributed by atoms with Gasteiger partial charge in [-0.1, -0.05) is 12.1 Å². The van der Waals surface area contributed by atoms with Crippen molar-refractivity contribution in [3.05, 3.63) is 51.7 Å². The van der Waals surface area contributed by atoms with Gasteiger partial charge >= 0.3 is 0 Å². The van der Waals surface area contributed by atoms with Crippen molar-refractivity contribution in [1.82, 2.24) is 10.6 Å². The molecule has 1 atom stereocenters. The van der Waals surface area contributed by atoms with Gasteiger partial charge in [-0.3, -0.25) is 4.99 Å². The van der Waals surface area contributed by atoms with Crippen molar-refractivity contribution < 1.29 is 9.47 Å². The average molecular weight is 359 g/mol. The largest absolute Gasteiger partial charge is 0.488 e. The Kier molecular flexibility index (Phi) is 6.30. The number of guanidine groups is 1. The van der Waals surface area contributed by atoms with Crippen molar-refractivity contribution in [3.63, 3.8) is 0 Å². The molecule has 1 fully saturated rings. The zero-order valence-corrected chi connectivity index (χ0v) is 15.6. The molecule has 1 aliphatic heterocycles. The minimum atomic E-state index is 0.150. The topological polar surface area (TPSA) is 54.9 Å². The lowest BCUT2D eigenvalue weighted by Gasteiger charge is -2.18. The SMILES string of the molecule is CN=C(NCc1ccsc1)NCc1ccc(C)cc1OC1CCOC1. The van der Waals surface area contributed by atoms with Crippen molar-refractivity contribution in [2.45, 2.75) is 32.5 Å². The highest BCUT2D eigenvalue weighted by atomic mass is 32.1. The molecule has 0 spiro atoms. The van der Waals surface area contributed by atoms with Crippen molar-refractivity contribution in [3.8, 4) is 5.75 Å². The lowest BCUT2D eigenvalue weighted by atomic mass is 10.1. The summed E-state index contributed by atoms with van der Waals surface area (Å²) in [6.07, 6.45) is 1.10. The molecule has 0 aliphatic carbocycles. The minimum Gasteiger partial charge on any atom is -0.488 e. The Balaban J connectivity index is 1.59. The second-order valence-electron chi connectivity index (χ2n) is 6.13. The number of thiophene rings is 1. The summed E-state index contributed by atoms with van der Waals surface area (Å²) in [6, 6.07) is 8.42. The van der Waals surface area contributed by atoms with Crippen molar-refractivity contribution in [2.75, 3.05) is 20.3 Å². The lowest BCUT2D eigenvalue weighted by molar-refractivity contribution is 0.140. The highest BCUT2D eigenvalue weighted by Crippen LogP contribution is 2.23. The van der Waals surface area contributed by atoms with Crippen LogP contribution in [0.4, 0.5) is 0 Å². The van der Waals surface area contributed by atoms with Crippen LogP contribution >= 0.6 is 11.3 Å². The molecule has 2 aromatic rings. The molecule has 0 saturated carbocycles. The number of rotatable bonds is 6. The number of nitrogens with one attached hydrogen (secondary N) is 2. The molecular formula is C19H25N3O2S. The Hall–Kier alpha value is -2.05.